The number of amides is 2. The maximum Gasteiger partial charge on any atom is 0.268 e. The van der Waals surface area contributed by atoms with Gasteiger partial charge in [-0.3, -0.25) is 14.0 Å². The van der Waals surface area contributed by atoms with Crippen molar-refractivity contribution in [2.24, 2.45) is 28.6 Å². The van der Waals surface area contributed by atoms with Crippen LogP contribution in [0.4, 0.5) is 0 Å². The van der Waals surface area contributed by atoms with Crippen molar-refractivity contribution >= 4 is 29.2 Å². The number of hydrogen-bond acceptors (Lipinski definition) is 4. The van der Waals surface area contributed by atoms with E-state index in [-0.39, 0.29) is 11.8 Å². The summed E-state index contributed by atoms with van der Waals surface area (Å²) in [6, 6.07) is 5.67. The van der Waals surface area contributed by atoms with E-state index in [0.717, 1.165) is 60.2 Å². The maximum absolute atomic E-state index is 13.3. The van der Waals surface area contributed by atoms with E-state index in [9.17, 15) is 9.59 Å². The molecule has 7 rings (SSSR count). The monoisotopic (exact) mass is 464 g/mol. The standard InChI is InChI=1S/C26H32N4O2S/c31-23(29-4-6-33-7-5-29)10-20-14-30-21(2-1-3-22(30)28-20)24(32)27-16-25-11-17-8-18-9-19(13-25)26(18,12-17)15-25/h1-3,14,17-19H,4-13,15-16H2,(H,27,32). The fraction of sp³-hybridized carbons (Fsp3) is 0.654. The van der Waals surface area contributed by atoms with Crippen molar-refractivity contribution in [3.63, 3.8) is 0 Å². The van der Waals surface area contributed by atoms with Gasteiger partial charge in [-0.15, -0.1) is 0 Å². The lowest BCUT2D eigenvalue weighted by Crippen LogP contribution is -2.43. The Morgan fingerprint density at radius 2 is 2.00 bits per heavy atom. The number of thioether (sulfide) groups is 1. The van der Waals surface area contributed by atoms with Crippen molar-refractivity contribution in [2.75, 3.05) is 31.1 Å². The van der Waals surface area contributed by atoms with Crippen LogP contribution in [0.15, 0.2) is 24.4 Å². The molecule has 4 saturated carbocycles. The van der Waals surface area contributed by atoms with E-state index in [1.807, 2.05) is 45.5 Å². The molecule has 5 atom stereocenters. The smallest absolute Gasteiger partial charge is 0.268 e. The number of pyridine rings is 1. The van der Waals surface area contributed by atoms with E-state index in [1.54, 1.807) is 0 Å². The van der Waals surface area contributed by atoms with E-state index >= 15 is 0 Å². The highest BCUT2D eigenvalue weighted by Crippen LogP contribution is 2.78. The zero-order valence-electron chi connectivity index (χ0n) is 19.1. The molecule has 4 aliphatic carbocycles. The van der Waals surface area contributed by atoms with Gasteiger partial charge < -0.3 is 10.2 Å². The number of carbonyl (C=O) groups is 2. The molecule has 6 nitrogen and oxygen atoms in total. The predicted molar refractivity (Wildman–Crippen MR) is 128 cm³/mol. The summed E-state index contributed by atoms with van der Waals surface area (Å²) in [5, 5.41) is 3.32. The Hall–Kier alpha value is -2.02. The van der Waals surface area contributed by atoms with Crippen LogP contribution in [0.3, 0.4) is 0 Å². The van der Waals surface area contributed by atoms with Gasteiger partial charge in [0.05, 0.1) is 12.1 Å². The third kappa shape index (κ3) is 3.10. The highest BCUT2D eigenvalue weighted by atomic mass is 32.2. The van der Waals surface area contributed by atoms with Gasteiger partial charge in [0, 0.05) is 37.3 Å². The molecule has 0 aromatic carbocycles. The van der Waals surface area contributed by atoms with E-state index in [4.69, 9.17) is 0 Å². The van der Waals surface area contributed by atoms with Crippen molar-refractivity contribution in [2.45, 2.75) is 44.9 Å². The maximum atomic E-state index is 13.3. The molecule has 5 aliphatic rings. The molecule has 1 N–H and O–H groups in total. The molecule has 2 amide bonds. The van der Waals surface area contributed by atoms with Crippen LogP contribution in [0.2, 0.25) is 0 Å². The third-order valence-corrected chi connectivity index (χ3v) is 10.6. The van der Waals surface area contributed by atoms with Crippen molar-refractivity contribution in [1.82, 2.24) is 19.6 Å². The minimum atomic E-state index is -0.0236. The lowest BCUT2D eigenvalue weighted by atomic mass is 9.55. The Morgan fingerprint density at radius 1 is 1.12 bits per heavy atom. The van der Waals surface area contributed by atoms with Crippen LogP contribution < -0.4 is 5.32 Å². The Kier molecular flexibility index (Phi) is 4.47. The molecule has 174 valence electrons. The van der Waals surface area contributed by atoms with Gasteiger partial charge in [0.25, 0.3) is 5.91 Å². The van der Waals surface area contributed by atoms with Crippen molar-refractivity contribution in [1.29, 1.82) is 0 Å². The molecule has 1 saturated heterocycles. The highest BCUT2D eigenvalue weighted by molar-refractivity contribution is 7.99. The van der Waals surface area contributed by atoms with Gasteiger partial charge in [-0.2, -0.15) is 11.8 Å². The van der Waals surface area contributed by atoms with Crippen molar-refractivity contribution in [3.8, 4) is 0 Å². The van der Waals surface area contributed by atoms with Gasteiger partial charge in [0.1, 0.15) is 11.3 Å². The Morgan fingerprint density at radius 3 is 2.88 bits per heavy atom. The van der Waals surface area contributed by atoms with Crippen molar-refractivity contribution in [3.05, 3.63) is 35.8 Å². The summed E-state index contributed by atoms with van der Waals surface area (Å²) in [6.45, 7) is 2.43. The van der Waals surface area contributed by atoms with Crippen LogP contribution in [0, 0.1) is 28.6 Å². The molecule has 1 aliphatic heterocycles. The number of hydrogen-bond donors (Lipinski definition) is 1. The summed E-state index contributed by atoms with van der Waals surface area (Å²) in [4.78, 5) is 32.6. The average molecular weight is 465 g/mol. The van der Waals surface area contributed by atoms with Gasteiger partial charge in [0.2, 0.25) is 5.91 Å². The second-order valence-electron chi connectivity index (χ2n) is 11.5. The Bertz CT molecular complexity index is 1140. The summed E-state index contributed by atoms with van der Waals surface area (Å²) in [6.07, 6.45) is 10.5. The highest BCUT2D eigenvalue weighted by Gasteiger charge is 2.70. The van der Waals surface area contributed by atoms with Crippen LogP contribution in [-0.2, 0) is 11.2 Å². The Labute approximate surface area is 198 Å². The van der Waals surface area contributed by atoms with Gasteiger partial charge in [-0.05, 0) is 79.2 Å². The molecule has 5 unspecified atom stereocenters. The number of carbonyl (C=O) groups excluding carboxylic acids is 2. The first kappa shape index (κ1) is 20.4. The number of imidazole rings is 1. The first-order chi connectivity index (χ1) is 16.0. The van der Waals surface area contributed by atoms with E-state index < -0.39 is 0 Å². The van der Waals surface area contributed by atoms with Crippen LogP contribution in [0.5, 0.6) is 0 Å². The zero-order chi connectivity index (χ0) is 22.2. The first-order valence-electron chi connectivity index (χ1n) is 12.6. The largest absolute Gasteiger partial charge is 0.350 e. The van der Waals surface area contributed by atoms with Crippen LogP contribution in [0.25, 0.3) is 5.65 Å². The summed E-state index contributed by atoms with van der Waals surface area (Å²) in [7, 11) is 0. The molecular weight excluding hydrogens is 432 g/mol. The number of fused-ring (bicyclic) bond motifs is 3. The fourth-order valence-corrected chi connectivity index (χ4v) is 9.42. The van der Waals surface area contributed by atoms with E-state index in [1.165, 1.54) is 38.5 Å². The topological polar surface area (TPSA) is 66.7 Å². The second-order valence-corrected chi connectivity index (χ2v) is 12.7. The molecule has 2 aromatic heterocycles. The lowest BCUT2D eigenvalue weighted by molar-refractivity contribution is -0.130. The summed E-state index contributed by atoms with van der Waals surface area (Å²) in [5.41, 5.74) is 3.04. The van der Waals surface area contributed by atoms with Gasteiger partial charge in [-0.1, -0.05) is 6.07 Å². The molecule has 3 bridgehead atoms. The first-order valence-corrected chi connectivity index (χ1v) is 13.8. The Balaban J connectivity index is 1.07. The SMILES string of the molecule is O=C(NCC12CC3CC4CC(C1)C4(C3)C2)c1cccc2nc(CC(=O)N3CCSCC3)cn12. The number of aromatic nitrogens is 2. The summed E-state index contributed by atoms with van der Waals surface area (Å²) >= 11 is 1.90. The predicted octanol–water partition coefficient (Wildman–Crippen LogP) is 3.40. The van der Waals surface area contributed by atoms with Crippen LogP contribution >= 0.6 is 11.8 Å². The zero-order valence-corrected chi connectivity index (χ0v) is 19.9. The van der Waals surface area contributed by atoms with E-state index in [0.29, 0.717) is 22.9 Å². The normalized spacial score (nSPS) is 36.1. The number of rotatable bonds is 5. The van der Waals surface area contributed by atoms with Gasteiger partial charge in [0.15, 0.2) is 0 Å². The molecule has 0 radical (unpaired) electrons. The lowest BCUT2D eigenvalue weighted by Gasteiger charge is -2.49. The molecule has 5 fully saturated rings. The number of nitrogens with one attached hydrogen (secondary N) is 1. The second kappa shape index (κ2) is 7.24. The molecular formula is C26H32N4O2S. The minimum absolute atomic E-state index is 0.0236. The van der Waals surface area contributed by atoms with Crippen molar-refractivity contribution < 1.29 is 9.59 Å². The quantitative estimate of drug-likeness (QED) is 0.737. The fourth-order valence-electron chi connectivity index (χ4n) is 8.51. The summed E-state index contributed by atoms with van der Waals surface area (Å²) in [5.74, 6) is 4.91. The van der Waals surface area contributed by atoms with E-state index in [2.05, 4.69) is 10.3 Å². The number of nitrogens with zero attached hydrogens (tertiary/aromatic N) is 3. The van der Waals surface area contributed by atoms with Gasteiger partial charge in [-0.25, -0.2) is 4.98 Å². The molecule has 2 aromatic rings. The molecule has 33 heavy (non-hydrogen) atoms. The van der Waals surface area contributed by atoms with Gasteiger partial charge >= 0.3 is 0 Å². The third-order valence-electron chi connectivity index (χ3n) is 9.68. The average Bonchev–Trinajstić information content (AvgIpc) is 3.38. The van der Waals surface area contributed by atoms with Crippen LogP contribution in [-0.4, -0.2) is 57.2 Å². The molecule has 1 spiro atoms. The summed E-state index contributed by atoms with van der Waals surface area (Å²) < 4.78 is 1.86. The molecule has 7 heteroatoms. The molecule has 3 heterocycles. The van der Waals surface area contributed by atoms with Crippen LogP contribution in [0.1, 0.15) is 54.7 Å². The minimum Gasteiger partial charge on any atom is -0.350 e.